The summed E-state index contributed by atoms with van der Waals surface area (Å²) >= 11 is 0. The number of benzene rings is 1. The molecule has 1 fully saturated rings. The van der Waals surface area contributed by atoms with Crippen LogP contribution in [-0.2, 0) is 6.67 Å². The lowest BCUT2D eigenvalue weighted by Crippen LogP contribution is -2.53. The molecule has 0 unspecified atom stereocenters. The second kappa shape index (κ2) is 5.71. The molecule has 3 rings (SSSR count). The maximum atomic E-state index is 12.8. The Balaban J connectivity index is 1.72. The van der Waals surface area contributed by atoms with Gasteiger partial charge in [0, 0.05) is 30.6 Å². The van der Waals surface area contributed by atoms with E-state index in [-0.39, 0.29) is 38.3 Å². The van der Waals surface area contributed by atoms with Crippen molar-refractivity contribution in [2.24, 2.45) is 0 Å². The fourth-order valence-corrected chi connectivity index (χ4v) is 2.84. The first-order chi connectivity index (χ1) is 11.2. The first-order valence-electron chi connectivity index (χ1n) is 7.31. The van der Waals surface area contributed by atoms with Crippen LogP contribution in [0.2, 0.25) is 0 Å². The van der Waals surface area contributed by atoms with Crippen LogP contribution < -0.4 is 0 Å². The number of piperidine rings is 1. The summed E-state index contributed by atoms with van der Waals surface area (Å²) in [6.45, 7) is 0.434. The zero-order valence-corrected chi connectivity index (χ0v) is 12.5. The molecule has 10 heteroatoms. The monoisotopic (exact) mass is 344 g/mol. The van der Waals surface area contributed by atoms with E-state index in [9.17, 15) is 28.4 Å². The Morgan fingerprint density at radius 1 is 1.33 bits per heavy atom. The highest BCUT2D eigenvalue weighted by molar-refractivity contribution is 5.81. The highest BCUT2D eigenvalue weighted by Crippen LogP contribution is 2.38. The van der Waals surface area contributed by atoms with Gasteiger partial charge in [0.2, 0.25) is 0 Å². The number of nitrogens with zero attached hydrogens (tertiary/aromatic N) is 4. The third-order valence-corrected chi connectivity index (χ3v) is 4.38. The zero-order chi connectivity index (χ0) is 17.5. The largest absolute Gasteiger partial charge is 0.417 e. The number of hydrogen-bond acceptors (Lipinski definition) is 5. The van der Waals surface area contributed by atoms with Gasteiger partial charge in [-0.2, -0.15) is 18.3 Å². The van der Waals surface area contributed by atoms with Gasteiger partial charge < -0.3 is 5.11 Å². The van der Waals surface area contributed by atoms with Crippen molar-refractivity contribution in [3.63, 3.8) is 0 Å². The van der Waals surface area contributed by atoms with Crippen molar-refractivity contribution in [2.45, 2.75) is 31.3 Å². The molecule has 1 aromatic carbocycles. The molecule has 130 valence electrons. The van der Waals surface area contributed by atoms with Crippen LogP contribution in [0.4, 0.5) is 18.9 Å². The van der Waals surface area contributed by atoms with Gasteiger partial charge in [0.25, 0.3) is 5.69 Å². The lowest BCUT2D eigenvalue weighted by atomic mass is 9.91. The van der Waals surface area contributed by atoms with Crippen molar-refractivity contribution in [3.05, 3.63) is 34.5 Å². The number of aliphatic hydroxyl groups is 1. The van der Waals surface area contributed by atoms with E-state index in [1.54, 1.807) is 15.6 Å². The molecule has 1 N–H and O–H groups in total. The smallest absolute Gasteiger partial charge is 0.380 e. The van der Waals surface area contributed by atoms with Crippen LogP contribution in [0.15, 0.2) is 24.4 Å². The quantitative estimate of drug-likeness (QED) is 0.682. The molecule has 1 aliphatic heterocycles. The molecule has 0 spiro atoms. The van der Waals surface area contributed by atoms with Gasteiger partial charge in [-0.15, -0.1) is 0 Å². The molecule has 1 aliphatic rings. The Labute approximate surface area is 134 Å². The second-order valence-electron chi connectivity index (χ2n) is 5.93. The van der Waals surface area contributed by atoms with Crippen LogP contribution in [0.25, 0.3) is 10.9 Å². The van der Waals surface area contributed by atoms with Gasteiger partial charge in [0.1, 0.15) is 0 Å². The van der Waals surface area contributed by atoms with Gasteiger partial charge in [-0.25, -0.2) is 0 Å². The van der Waals surface area contributed by atoms with E-state index in [4.69, 9.17) is 0 Å². The van der Waals surface area contributed by atoms with Gasteiger partial charge >= 0.3 is 6.18 Å². The van der Waals surface area contributed by atoms with E-state index < -0.39 is 16.7 Å². The maximum Gasteiger partial charge on any atom is 0.417 e. The molecule has 0 amide bonds. The summed E-state index contributed by atoms with van der Waals surface area (Å²) in [6.07, 6.45) is -3.92. The molecule has 24 heavy (non-hydrogen) atoms. The number of non-ortho nitro benzene ring substituents is 1. The first kappa shape index (κ1) is 16.7. The van der Waals surface area contributed by atoms with E-state index in [1.165, 1.54) is 18.3 Å². The molecule has 2 aromatic rings. The number of hydrogen-bond donors (Lipinski definition) is 1. The molecule has 2 heterocycles. The highest BCUT2D eigenvalue weighted by Gasteiger charge is 2.54. The average molecular weight is 344 g/mol. The fourth-order valence-electron chi connectivity index (χ4n) is 2.84. The topological polar surface area (TPSA) is 84.4 Å². The second-order valence-corrected chi connectivity index (χ2v) is 5.93. The Morgan fingerprint density at radius 2 is 2.00 bits per heavy atom. The van der Waals surface area contributed by atoms with Crippen LogP contribution in [0, 0.1) is 10.1 Å². The first-order valence-corrected chi connectivity index (χ1v) is 7.31. The number of fused-ring (bicyclic) bond motifs is 1. The molecular weight excluding hydrogens is 329 g/mol. The number of likely N-dealkylation sites (tertiary alicyclic amines) is 1. The summed E-state index contributed by atoms with van der Waals surface area (Å²) in [5.41, 5.74) is -2.01. The van der Waals surface area contributed by atoms with Crippen LogP contribution in [0.5, 0.6) is 0 Å². The summed E-state index contributed by atoms with van der Waals surface area (Å²) in [6, 6.07) is 4.33. The number of nitro groups is 1. The summed E-state index contributed by atoms with van der Waals surface area (Å²) in [7, 11) is 0. The maximum absolute atomic E-state index is 12.8. The predicted molar refractivity (Wildman–Crippen MR) is 78.2 cm³/mol. The van der Waals surface area contributed by atoms with Gasteiger partial charge in [0.05, 0.1) is 23.3 Å². The Kier molecular flexibility index (Phi) is 3.96. The van der Waals surface area contributed by atoms with Crippen LogP contribution in [0.3, 0.4) is 0 Å². The predicted octanol–water partition coefficient (Wildman–Crippen LogP) is 2.29. The van der Waals surface area contributed by atoms with E-state index >= 15 is 0 Å². The molecule has 0 radical (unpaired) electrons. The standard InChI is InChI=1S/C14H15F3N4O3/c15-14(16,17)13(22)3-5-19(6-4-13)9-20-12-2-1-11(21(23)24)7-10(12)8-18-20/h1-2,7-8,22H,3-6,9H2. The molecule has 0 aliphatic carbocycles. The highest BCUT2D eigenvalue weighted by atomic mass is 19.4. The van der Waals surface area contributed by atoms with Crippen LogP contribution in [-0.4, -0.2) is 49.6 Å². The zero-order valence-electron chi connectivity index (χ0n) is 12.5. The van der Waals surface area contributed by atoms with Gasteiger partial charge in [0.15, 0.2) is 5.60 Å². The minimum absolute atomic E-state index is 0.0461. The number of rotatable bonds is 3. The van der Waals surface area contributed by atoms with Crippen LogP contribution >= 0.6 is 0 Å². The fraction of sp³-hybridized carbons (Fsp3) is 0.500. The molecule has 1 saturated heterocycles. The summed E-state index contributed by atoms with van der Waals surface area (Å²) < 4.78 is 40.0. The Bertz CT molecular complexity index is 766. The minimum atomic E-state index is -4.63. The van der Waals surface area contributed by atoms with Crippen molar-refractivity contribution >= 4 is 16.6 Å². The average Bonchev–Trinajstić information content (AvgIpc) is 2.91. The third-order valence-electron chi connectivity index (χ3n) is 4.38. The van der Waals surface area contributed by atoms with Gasteiger partial charge in [-0.1, -0.05) is 0 Å². The lowest BCUT2D eigenvalue weighted by Gasteiger charge is -2.38. The van der Waals surface area contributed by atoms with Crippen molar-refractivity contribution < 1.29 is 23.2 Å². The number of aromatic nitrogens is 2. The van der Waals surface area contributed by atoms with Gasteiger partial charge in [-0.3, -0.25) is 19.7 Å². The van der Waals surface area contributed by atoms with Crippen molar-refractivity contribution in [1.82, 2.24) is 14.7 Å². The summed E-state index contributed by atoms with van der Waals surface area (Å²) in [5.74, 6) is 0. The lowest BCUT2D eigenvalue weighted by molar-refractivity contribution is -0.384. The summed E-state index contributed by atoms with van der Waals surface area (Å²) in [4.78, 5) is 12.0. The molecule has 0 bridgehead atoms. The molecule has 1 aromatic heterocycles. The van der Waals surface area contributed by atoms with Gasteiger partial charge in [-0.05, 0) is 18.9 Å². The van der Waals surface area contributed by atoms with E-state index in [0.29, 0.717) is 10.9 Å². The van der Waals surface area contributed by atoms with Crippen molar-refractivity contribution in [3.8, 4) is 0 Å². The van der Waals surface area contributed by atoms with E-state index in [2.05, 4.69) is 5.10 Å². The SMILES string of the molecule is O=[N+]([O-])c1ccc2c(cnn2CN2CCC(O)(C(F)(F)F)CC2)c1. The van der Waals surface area contributed by atoms with Crippen molar-refractivity contribution in [2.75, 3.05) is 13.1 Å². The number of alkyl halides is 3. The molecule has 0 atom stereocenters. The normalized spacial score (nSPS) is 18.8. The Hall–Kier alpha value is -2.20. The number of halogens is 3. The molecule has 0 saturated carbocycles. The molecular formula is C14H15F3N4O3. The van der Waals surface area contributed by atoms with E-state index in [1.807, 2.05) is 0 Å². The van der Waals surface area contributed by atoms with Crippen molar-refractivity contribution in [1.29, 1.82) is 0 Å². The molecule has 7 nitrogen and oxygen atoms in total. The number of nitro benzene ring substituents is 1. The Morgan fingerprint density at radius 3 is 2.58 bits per heavy atom. The minimum Gasteiger partial charge on any atom is -0.380 e. The summed E-state index contributed by atoms with van der Waals surface area (Å²) in [5, 5.41) is 25.2. The third kappa shape index (κ3) is 2.94. The van der Waals surface area contributed by atoms with Crippen LogP contribution in [0.1, 0.15) is 12.8 Å². The van der Waals surface area contributed by atoms with E-state index in [0.717, 1.165) is 0 Å².